The van der Waals surface area contributed by atoms with Crippen molar-refractivity contribution in [3.05, 3.63) is 11.9 Å². The van der Waals surface area contributed by atoms with Gasteiger partial charge >= 0.3 is 6.09 Å². The number of carbonyl (C=O) groups excluding carboxylic acids is 1. The quantitative estimate of drug-likeness (QED) is 0.741. The highest BCUT2D eigenvalue weighted by Crippen LogP contribution is 2.03. The Morgan fingerprint density at radius 2 is 2.42 bits per heavy atom. The predicted octanol–water partition coefficient (Wildman–Crippen LogP) is -0.506. The lowest BCUT2D eigenvalue weighted by molar-refractivity contribution is 0.128. The summed E-state index contributed by atoms with van der Waals surface area (Å²) in [6.07, 6.45) is 1.86. The number of aromatic nitrogens is 3. The maximum Gasteiger partial charge on any atom is 0.407 e. The highest BCUT2D eigenvalue weighted by atomic mass is 16.6. The number of rotatable bonds is 4. The van der Waals surface area contributed by atoms with Gasteiger partial charge in [0, 0.05) is 6.20 Å². The van der Waals surface area contributed by atoms with Gasteiger partial charge in [-0.15, -0.1) is 5.10 Å². The monoisotopic (exact) mass is 263 g/mol. The Morgan fingerprint density at radius 1 is 1.58 bits per heavy atom. The normalized spacial score (nSPS) is 17.8. The molecule has 1 atom stereocenters. The average molecular weight is 263 g/mol. The second kappa shape index (κ2) is 6.20. The van der Waals surface area contributed by atoms with Gasteiger partial charge in [-0.3, -0.25) is 4.90 Å². The lowest BCUT2D eigenvalue weighted by atomic mass is 10.3. The van der Waals surface area contributed by atoms with Gasteiger partial charge in [-0.05, 0) is 14.1 Å². The minimum absolute atomic E-state index is 0.179. The van der Waals surface area contributed by atoms with E-state index in [1.165, 1.54) is 0 Å². The molecule has 0 radical (unpaired) electrons. The van der Waals surface area contributed by atoms with Crippen molar-refractivity contribution in [1.29, 1.82) is 0 Å². The molecule has 7 nitrogen and oxygen atoms in total. The van der Waals surface area contributed by atoms with Crippen molar-refractivity contribution in [2.75, 3.05) is 27.2 Å². The summed E-state index contributed by atoms with van der Waals surface area (Å²) < 4.78 is 6.70. The molecule has 19 heavy (non-hydrogen) atoms. The Labute approximate surface area is 111 Å². The summed E-state index contributed by atoms with van der Waals surface area (Å²) in [5.74, 6) is 6.08. The van der Waals surface area contributed by atoms with Crippen molar-refractivity contribution in [2.24, 2.45) is 0 Å². The average Bonchev–Trinajstić information content (AvgIpc) is 2.95. The molecule has 0 aromatic carbocycles. The van der Waals surface area contributed by atoms with Crippen molar-refractivity contribution in [3.8, 4) is 11.8 Å². The number of cyclic esters (lactones) is 1. The molecule has 7 heteroatoms. The van der Waals surface area contributed by atoms with Gasteiger partial charge in [-0.1, -0.05) is 17.1 Å². The summed E-state index contributed by atoms with van der Waals surface area (Å²) >= 11 is 0. The minimum atomic E-state index is -0.375. The zero-order valence-corrected chi connectivity index (χ0v) is 11.1. The SMILES string of the molecule is CN(C)CC#CCc1cn(CC2CNC(=O)O2)nn1. The van der Waals surface area contributed by atoms with Crippen LogP contribution in [0.25, 0.3) is 0 Å². The highest BCUT2D eigenvalue weighted by Gasteiger charge is 2.23. The molecular weight excluding hydrogens is 246 g/mol. The van der Waals surface area contributed by atoms with Crippen LogP contribution in [0.5, 0.6) is 0 Å². The van der Waals surface area contributed by atoms with Crippen molar-refractivity contribution in [2.45, 2.75) is 19.1 Å². The number of carbonyl (C=O) groups is 1. The standard InChI is InChI=1S/C12H17N5O2/c1-16(2)6-4-3-5-10-8-17(15-14-10)9-11-7-13-12(18)19-11/h8,11H,5-7,9H2,1-2H3,(H,13,18). The van der Waals surface area contributed by atoms with Gasteiger partial charge in [0.25, 0.3) is 0 Å². The topological polar surface area (TPSA) is 72.3 Å². The molecule has 2 heterocycles. The summed E-state index contributed by atoms with van der Waals surface area (Å²) in [6.45, 7) is 1.76. The minimum Gasteiger partial charge on any atom is -0.442 e. The molecule has 0 bridgehead atoms. The fourth-order valence-electron chi connectivity index (χ4n) is 1.62. The van der Waals surface area contributed by atoms with Crippen LogP contribution in [0.2, 0.25) is 0 Å². The molecule has 1 aromatic heterocycles. The van der Waals surface area contributed by atoms with E-state index in [0.717, 1.165) is 12.2 Å². The third kappa shape index (κ3) is 4.26. The molecule has 1 aromatic rings. The third-order valence-corrected chi connectivity index (χ3v) is 2.51. The van der Waals surface area contributed by atoms with Crippen molar-refractivity contribution < 1.29 is 9.53 Å². The summed E-state index contributed by atoms with van der Waals surface area (Å²) in [4.78, 5) is 12.9. The zero-order valence-electron chi connectivity index (χ0n) is 11.1. The first-order valence-corrected chi connectivity index (χ1v) is 6.07. The molecule has 1 amide bonds. The van der Waals surface area contributed by atoms with E-state index in [2.05, 4.69) is 27.5 Å². The molecule has 0 saturated carbocycles. The van der Waals surface area contributed by atoms with Crippen LogP contribution in [0, 0.1) is 11.8 Å². The third-order valence-electron chi connectivity index (χ3n) is 2.51. The molecule has 1 N–H and O–H groups in total. The van der Waals surface area contributed by atoms with Gasteiger partial charge in [0.15, 0.2) is 0 Å². The maximum atomic E-state index is 10.9. The number of nitrogens with one attached hydrogen (secondary N) is 1. The van der Waals surface area contributed by atoms with E-state index in [4.69, 9.17) is 4.74 Å². The largest absolute Gasteiger partial charge is 0.442 e. The first kappa shape index (κ1) is 13.4. The van der Waals surface area contributed by atoms with Crippen LogP contribution in [-0.4, -0.2) is 59.3 Å². The van der Waals surface area contributed by atoms with Crippen LogP contribution < -0.4 is 5.32 Å². The van der Waals surface area contributed by atoms with Gasteiger partial charge in [0.05, 0.1) is 31.7 Å². The maximum absolute atomic E-state index is 10.9. The first-order chi connectivity index (χ1) is 9.13. The lowest BCUT2D eigenvalue weighted by Gasteiger charge is -2.05. The van der Waals surface area contributed by atoms with E-state index in [9.17, 15) is 4.79 Å². The van der Waals surface area contributed by atoms with E-state index in [1.807, 2.05) is 25.2 Å². The molecule has 2 rings (SSSR count). The molecule has 1 saturated heterocycles. The number of amides is 1. The van der Waals surface area contributed by atoms with Gasteiger partial charge in [0.1, 0.15) is 6.10 Å². The van der Waals surface area contributed by atoms with Crippen LogP contribution in [0.3, 0.4) is 0 Å². The molecule has 1 aliphatic rings. The smallest absolute Gasteiger partial charge is 0.407 e. The van der Waals surface area contributed by atoms with Crippen molar-refractivity contribution in [1.82, 2.24) is 25.2 Å². The number of nitrogens with zero attached hydrogens (tertiary/aromatic N) is 4. The molecule has 1 fully saturated rings. The van der Waals surface area contributed by atoms with Crippen LogP contribution in [0.4, 0.5) is 4.79 Å². The van der Waals surface area contributed by atoms with Crippen LogP contribution in [0.1, 0.15) is 5.69 Å². The lowest BCUT2D eigenvalue weighted by Crippen LogP contribution is -2.20. The Bertz CT molecular complexity index is 500. The molecular formula is C12H17N5O2. The van der Waals surface area contributed by atoms with Crippen molar-refractivity contribution >= 4 is 6.09 Å². The molecule has 1 aliphatic heterocycles. The van der Waals surface area contributed by atoms with Gasteiger partial charge in [-0.2, -0.15) is 0 Å². The number of alkyl carbamates (subject to hydrolysis) is 1. The van der Waals surface area contributed by atoms with E-state index in [1.54, 1.807) is 4.68 Å². The van der Waals surface area contributed by atoms with Gasteiger partial charge in [0.2, 0.25) is 0 Å². The summed E-state index contributed by atoms with van der Waals surface area (Å²) in [7, 11) is 3.95. The summed E-state index contributed by atoms with van der Waals surface area (Å²) in [5, 5.41) is 10.6. The van der Waals surface area contributed by atoms with E-state index >= 15 is 0 Å². The Hall–Kier alpha value is -2.07. The Morgan fingerprint density at radius 3 is 3.11 bits per heavy atom. The second-order valence-corrected chi connectivity index (χ2v) is 4.61. The fourth-order valence-corrected chi connectivity index (χ4v) is 1.62. The summed E-state index contributed by atoms with van der Waals surface area (Å²) in [5.41, 5.74) is 0.823. The van der Waals surface area contributed by atoms with E-state index in [-0.39, 0.29) is 12.2 Å². The fraction of sp³-hybridized carbons (Fsp3) is 0.583. The van der Waals surface area contributed by atoms with E-state index in [0.29, 0.717) is 19.5 Å². The molecule has 0 aliphatic carbocycles. The number of ether oxygens (including phenoxy) is 1. The van der Waals surface area contributed by atoms with Crippen molar-refractivity contribution in [3.63, 3.8) is 0 Å². The molecule has 0 spiro atoms. The molecule has 1 unspecified atom stereocenters. The predicted molar refractivity (Wildman–Crippen MR) is 68.3 cm³/mol. The van der Waals surface area contributed by atoms with Gasteiger partial charge < -0.3 is 10.1 Å². The van der Waals surface area contributed by atoms with Crippen LogP contribution in [0.15, 0.2) is 6.20 Å². The summed E-state index contributed by atoms with van der Waals surface area (Å²) in [6, 6.07) is 0. The Balaban J connectivity index is 1.81. The highest BCUT2D eigenvalue weighted by molar-refractivity contribution is 5.69. The zero-order chi connectivity index (χ0) is 13.7. The number of hydrogen-bond acceptors (Lipinski definition) is 5. The van der Waals surface area contributed by atoms with Gasteiger partial charge in [-0.25, -0.2) is 9.48 Å². The van der Waals surface area contributed by atoms with Crippen LogP contribution in [-0.2, 0) is 17.7 Å². The van der Waals surface area contributed by atoms with Crippen LogP contribution >= 0.6 is 0 Å². The Kier molecular flexibility index (Phi) is 4.36. The number of hydrogen-bond donors (Lipinski definition) is 1. The first-order valence-electron chi connectivity index (χ1n) is 6.07. The van der Waals surface area contributed by atoms with E-state index < -0.39 is 0 Å². The second-order valence-electron chi connectivity index (χ2n) is 4.61. The molecule has 102 valence electrons.